The molecular formula is C9H15N3. The Balaban J connectivity index is 2.53. The maximum Gasteiger partial charge on any atom is 0.115 e. The van der Waals surface area contributed by atoms with Gasteiger partial charge in [0.25, 0.3) is 0 Å². The Morgan fingerprint density at radius 1 is 1.17 bits per heavy atom. The third-order valence-electron chi connectivity index (χ3n) is 1.95. The van der Waals surface area contributed by atoms with Crippen molar-refractivity contribution in [2.75, 3.05) is 5.32 Å². The molecule has 0 fully saturated rings. The summed E-state index contributed by atoms with van der Waals surface area (Å²) >= 11 is 0. The second-order valence-corrected chi connectivity index (χ2v) is 3.30. The summed E-state index contributed by atoms with van der Waals surface area (Å²) in [5.41, 5.74) is 0.985. The molecular weight excluding hydrogens is 150 g/mol. The molecule has 1 N–H and O–H groups in total. The molecule has 0 saturated carbocycles. The molecule has 3 heteroatoms. The van der Waals surface area contributed by atoms with Gasteiger partial charge < -0.3 is 5.32 Å². The fourth-order valence-corrected chi connectivity index (χ4v) is 0.803. The molecule has 0 spiro atoms. The summed E-state index contributed by atoms with van der Waals surface area (Å²) in [6.07, 6.45) is 5.10. The first kappa shape index (κ1) is 8.97. The van der Waals surface area contributed by atoms with Gasteiger partial charge in [-0.05, 0) is 12.8 Å². The maximum absolute atomic E-state index is 3.92. The number of nitrogens with zero attached hydrogens (tertiary/aromatic N) is 2. The lowest BCUT2D eigenvalue weighted by Gasteiger charge is -2.17. The molecule has 0 aromatic carbocycles. The van der Waals surface area contributed by atoms with Gasteiger partial charge in [-0.1, -0.05) is 13.8 Å². The molecule has 12 heavy (non-hydrogen) atoms. The summed E-state index contributed by atoms with van der Waals surface area (Å²) in [6.45, 7) is 6.51. The highest BCUT2D eigenvalue weighted by atomic mass is 15.0. The van der Waals surface area contributed by atoms with Gasteiger partial charge >= 0.3 is 0 Å². The van der Waals surface area contributed by atoms with Crippen molar-refractivity contribution in [3.8, 4) is 0 Å². The Labute approximate surface area is 73.2 Å². The lowest BCUT2D eigenvalue weighted by atomic mass is 10.1. The van der Waals surface area contributed by atoms with Gasteiger partial charge in [0, 0.05) is 6.04 Å². The number of aromatic nitrogens is 2. The minimum atomic E-state index is 0.455. The van der Waals surface area contributed by atoms with Crippen LogP contribution in [0.25, 0.3) is 0 Å². The summed E-state index contributed by atoms with van der Waals surface area (Å²) in [7, 11) is 0. The van der Waals surface area contributed by atoms with Gasteiger partial charge in [0.2, 0.25) is 0 Å². The summed E-state index contributed by atoms with van der Waals surface area (Å²) in [6, 6.07) is 0.455. The number of hydrogen-bond acceptors (Lipinski definition) is 3. The van der Waals surface area contributed by atoms with Crippen molar-refractivity contribution in [2.45, 2.75) is 26.8 Å². The highest BCUT2D eigenvalue weighted by molar-refractivity contribution is 5.38. The van der Waals surface area contributed by atoms with Gasteiger partial charge in [0.15, 0.2) is 0 Å². The van der Waals surface area contributed by atoms with E-state index in [1.807, 2.05) is 0 Å². The van der Waals surface area contributed by atoms with Gasteiger partial charge in [-0.3, -0.25) is 0 Å². The molecule has 0 bridgehead atoms. The lowest BCUT2D eigenvalue weighted by molar-refractivity contribution is 0.559. The third kappa shape index (κ3) is 2.49. The molecule has 0 aliphatic rings. The van der Waals surface area contributed by atoms with E-state index in [4.69, 9.17) is 0 Å². The van der Waals surface area contributed by atoms with Gasteiger partial charge in [0.05, 0.1) is 18.1 Å². The minimum Gasteiger partial charge on any atom is -0.380 e. The monoisotopic (exact) mass is 165 g/mol. The summed E-state index contributed by atoms with van der Waals surface area (Å²) in [5, 5.41) is 3.32. The zero-order valence-electron chi connectivity index (χ0n) is 7.78. The van der Waals surface area contributed by atoms with E-state index in [0.29, 0.717) is 12.0 Å². The summed E-state index contributed by atoms with van der Waals surface area (Å²) < 4.78 is 0. The predicted octanol–water partition coefficient (Wildman–Crippen LogP) is 1.93. The molecule has 0 aliphatic carbocycles. The van der Waals surface area contributed by atoms with E-state index in [0.717, 1.165) is 5.69 Å². The number of rotatable bonds is 3. The highest BCUT2D eigenvalue weighted by Crippen LogP contribution is 2.08. The Morgan fingerprint density at radius 3 is 2.25 bits per heavy atom. The third-order valence-corrected chi connectivity index (χ3v) is 1.95. The molecule has 0 saturated heterocycles. The first-order chi connectivity index (χ1) is 5.70. The molecule has 1 unspecified atom stereocenters. The second-order valence-electron chi connectivity index (χ2n) is 3.30. The van der Waals surface area contributed by atoms with Crippen molar-refractivity contribution in [1.82, 2.24) is 9.97 Å². The average molecular weight is 165 g/mol. The normalized spacial score (nSPS) is 13.0. The quantitative estimate of drug-likeness (QED) is 0.743. The van der Waals surface area contributed by atoms with Crippen LogP contribution in [0.3, 0.4) is 0 Å². The molecule has 1 aromatic rings. The van der Waals surface area contributed by atoms with Crippen LogP contribution in [-0.2, 0) is 0 Å². The van der Waals surface area contributed by atoms with E-state index >= 15 is 0 Å². The smallest absolute Gasteiger partial charge is 0.115 e. The molecule has 1 aromatic heterocycles. The summed E-state index contributed by atoms with van der Waals surface area (Å²) in [4.78, 5) is 7.85. The van der Waals surface area contributed by atoms with Gasteiger partial charge in [-0.2, -0.15) is 0 Å². The number of nitrogens with one attached hydrogen (secondary N) is 1. The number of hydrogen-bond donors (Lipinski definition) is 1. The second kappa shape index (κ2) is 4.04. The van der Waals surface area contributed by atoms with E-state index in [9.17, 15) is 0 Å². The Hall–Kier alpha value is -1.12. The van der Waals surface area contributed by atoms with E-state index in [-0.39, 0.29) is 0 Å². The minimum absolute atomic E-state index is 0.455. The average Bonchev–Trinajstić information content (AvgIpc) is 2.06. The molecule has 0 aliphatic heterocycles. The Bertz CT molecular complexity index is 220. The topological polar surface area (TPSA) is 37.8 Å². The fourth-order valence-electron chi connectivity index (χ4n) is 0.803. The lowest BCUT2D eigenvalue weighted by Crippen LogP contribution is -2.21. The van der Waals surface area contributed by atoms with E-state index in [1.54, 1.807) is 12.4 Å². The standard InChI is InChI=1S/C9H15N3/c1-7(2)8(3)12-9-4-10-6-11-5-9/h4-8,12H,1-3H3. The van der Waals surface area contributed by atoms with Crippen LogP contribution in [0.4, 0.5) is 5.69 Å². The van der Waals surface area contributed by atoms with Gasteiger partial charge in [-0.25, -0.2) is 9.97 Å². The fraction of sp³-hybridized carbons (Fsp3) is 0.556. The Kier molecular flexibility index (Phi) is 3.02. The SMILES string of the molecule is CC(C)C(C)Nc1cncnc1. The van der Waals surface area contributed by atoms with Crippen molar-refractivity contribution < 1.29 is 0 Å². The highest BCUT2D eigenvalue weighted by Gasteiger charge is 2.05. The van der Waals surface area contributed by atoms with Crippen LogP contribution in [0.2, 0.25) is 0 Å². The molecule has 0 amide bonds. The largest absolute Gasteiger partial charge is 0.380 e. The van der Waals surface area contributed by atoms with Crippen LogP contribution in [0.15, 0.2) is 18.7 Å². The van der Waals surface area contributed by atoms with Crippen molar-refractivity contribution in [2.24, 2.45) is 5.92 Å². The van der Waals surface area contributed by atoms with Crippen LogP contribution in [-0.4, -0.2) is 16.0 Å². The van der Waals surface area contributed by atoms with Crippen LogP contribution >= 0.6 is 0 Å². The summed E-state index contributed by atoms with van der Waals surface area (Å²) in [5.74, 6) is 0.616. The van der Waals surface area contributed by atoms with Crippen molar-refractivity contribution in [3.63, 3.8) is 0 Å². The van der Waals surface area contributed by atoms with Crippen molar-refractivity contribution in [3.05, 3.63) is 18.7 Å². The van der Waals surface area contributed by atoms with E-state index in [1.165, 1.54) is 6.33 Å². The molecule has 1 heterocycles. The Morgan fingerprint density at radius 2 is 1.75 bits per heavy atom. The zero-order chi connectivity index (χ0) is 8.97. The number of anilines is 1. The maximum atomic E-state index is 3.92. The van der Waals surface area contributed by atoms with Crippen molar-refractivity contribution in [1.29, 1.82) is 0 Å². The van der Waals surface area contributed by atoms with Gasteiger partial charge in [-0.15, -0.1) is 0 Å². The predicted molar refractivity (Wildman–Crippen MR) is 50.0 cm³/mol. The molecule has 3 nitrogen and oxygen atoms in total. The first-order valence-corrected chi connectivity index (χ1v) is 4.21. The van der Waals surface area contributed by atoms with Crippen LogP contribution in [0.5, 0.6) is 0 Å². The zero-order valence-corrected chi connectivity index (χ0v) is 7.78. The molecule has 0 radical (unpaired) electrons. The van der Waals surface area contributed by atoms with Gasteiger partial charge in [0.1, 0.15) is 6.33 Å². The van der Waals surface area contributed by atoms with E-state index < -0.39 is 0 Å². The molecule has 66 valence electrons. The molecule has 1 rings (SSSR count). The van der Waals surface area contributed by atoms with E-state index in [2.05, 4.69) is 36.1 Å². The van der Waals surface area contributed by atoms with Crippen LogP contribution in [0.1, 0.15) is 20.8 Å². The first-order valence-electron chi connectivity index (χ1n) is 4.21. The van der Waals surface area contributed by atoms with Crippen LogP contribution < -0.4 is 5.32 Å². The molecule has 1 atom stereocenters. The van der Waals surface area contributed by atoms with Crippen LogP contribution in [0, 0.1) is 5.92 Å². The van der Waals surface area contributed by atoms with Crippen molar-refractivity contribution >= 4 is 5.69 Å².